The highest BCUT2D eigenvalue weighted by Crippen LogP contribution is 2.38. The molecule has 0 radical (unpaired) electrons. The number of carbonyl (C=O) groups is 1. The highest BCUT2D eigenvalue weighted by molar-refractivity contribution is 5.98. The highest BCUT2D eigenvalue weighted by atomic mass is 16.5. The van der Waals surface area contributed by atoms with Gasteiger partial charge >= 0.3 is 0 Å². The molecule has 166 valence electrons. The second-order valence-electron chi connectivity index (χ2n) is 8.53. The fourth-order valence-electron chi connectivity index (χ4n) is 4.47. The minimum absolute atomic E-state index is 0.0901. The number of carbonyl (C=O) groups excluding carboxylic acids is 1. The molecule has 2 aliphatic rings. The Morgan fingerprint density at radius 1 is 1.13 bits per heavy atom. The van der Waals surface area contributed by atoms with Gasteiger partial charge in [0, 0.05) is 41.9 Å². The molecule has 1 aromatic carbocycles. The minimum atomic E-state index is -0.702. The molecule has 1 amide bonds. The second kappa shape index (κ2) is 9.32. The Hall–Kier alpha value is -2.51. The van der Waals surface area contributed by atoms with Crippen LogP contribution in [0.25, 0.3) is 11.1 Å². The first-order valence-electron chi connectivity index (χ1n) is 11.2. The number of aromatic nitrogens is 2. The third-order valence-corrected chi connectivity index (χ3v) is 6.56. The number of amides is 1. The van der Waals surface area contributed by atoms with E-state index in [1.165, 1.54) is 12.8 Å². The number of anilines is 1. The van der Waals surface area contributed by atoms with Crippen molar-refractivity contribution >= 4 is 11.6 Å². The normalized spacial score (nSPS) is 17.9. The molecule has 31 heavy (non-hydrogen) atoms. The zero-order valence-corrected chi connectivity index (χ0v) is 18.7. The van der Waals surface area contributed by atoms with Crippen LogP contribution in [0, 0.1) is 13.8 Å². The smallest absolute Gasteiger partial charge is 0.256 e. The number of methoxy groups -OCH3 is 1. The molecule has 0 spiro atoms. The first kappa shape index (κ1) is 21.7. The molecule has 1 saturated heterocycles. The van der Waals surface area contributed by atoms with Gasteiger partial charge in [0.25, 0.3) is 5.91 Å². The molecule has 0 bridgehead atoms. The fraction of sp³-hybridized carbons (Fsp3) is 0.542. The Kier molecular flexibility index (Phi) is 6.53. The molecule has 2 fully saturated rings. The van der Waals surface area contributed by atoms with Crippen LogP contribution >= 0.6 is 0 Å². The summed E-state index contributed by atoms with van der Waals surface area (Å²) < 4.78 is 11.7. The van der Waals surface area contributed by atoms with Crippen LogP contribution in [0.3, 0.4) is 0 Å². The Bertz CT molecular complexity index is 911. The van der Waals surface area contributed by atoms with Gasteiger partial charge in [0.15, 0.2) is 0 Å². The van der Waals surface area contributed by atoms with E-state index < -0.39 is 5.60 Å². The van der Waals surface area contributed by atoms with Crippen molar-refractivity contribution in [1.82, 2.24) is 14.9 Å². The molecular formula is C24H32N4O3. The number of nitrogens with zero attached hydrogens (tertiary/aromatic N) is 3. The van der Waals surface area contributed by atoms with E-state index in [1.54, 1.807) is 13.4 Å². The van der Waals surface area contributed by atoms with E-state index in [1.807, 2.05) is 32.0 Å². The zero-order chi connectivity index (χ0) is 21.8. The van der Waals surface area contributed by atoms with Gasteiger partial charge in [-0.15, -0.1) is 0 Å². The molecular weight excluding hydrogens is 392 g/mol. The molecule has 1 N–H and O–H groups in total. The number of ether oxygens (including phenoxy) is 2. The standard InChI is InChI=1S/C24H32N4O3/c1-17-22(18(2)26-16-25-17)20-15-19(27-23(29)24(30-3)9-6-10-24)7-8-21(20)31-14-13-28-11-4-5-12-28/h7-8,15-16H,4-6,9-14H2,1-3H3,(H,27,29). The lowest BCUT2D eigenvalue weighted by atomic mass is 9.79. The largest absolute Gasteiger partial charge is 0.492 e. The van der Waals surface area contributed by atoms with E-state index in [0.29, 0.717) is 6.61 Å². The summed E-state index contributed by atoms with van der Waals surface area (Å²) in [4.78, 5) is 24.0. The van der Waals surface area contributed by atoms with E-state index in [2.05, 4.69) is 20.2 Å². The number of nitrogens with one attached hydrogen (secondary N) is 1. The summed E-state index contributed by atoms with van der Waals surface area (Å²) in [6, 6.07) is 5.79. The predicted molar refractivity (Wildman–Crippen MR) is 120 cm³/mol. The van der Waals surface area contributed by atoms with Crippen molar-refractivity contribution in [3.05, 3.63) is 35.9 Å². The first-order valence-corrected chi connectivity index (χ1v) is 11.2. The van der Waals surface area contributed by atoms with Gasteiger partial charge in [-0.3, -0.25) is 9.69 Å². The fourth-order valence-corrected chi connectivity index (χ4v) is 4.47. The Balaban J connectivity index is 1.59. The van der Waals surface area contributed by atoms with Gasteiger partial charge in [-0.1, -0.05) is 0 Å². The predicted octanol–water partition coefficient (Wildman–Crippen LogP) is 3.74. The van der Waals surface area contributed by atoms with Crippen LogP contribution in [-0.2, 0) is 9.53 Å². The molecule has 2 heterocycles. The third kappa shape index (κ3) is 4.57. The van der Waals surface area contributed by atoms with Gasteiger partial charge in [0.1, 0.15) is 24.3 Å². The molecule has 1 aliphatic carbocycles. The molecule has 2 aromatic rings. The lowest BCUT2D eigenvalue weighted by Gasteiger charge is -2.38. The Labute approximate surface area is 184 Å². The van der Waals surface area contributed by atoms with Crippen molar-refractivity contribution in [2.45, 2.75) is 51.6 Å². The summed E-state index contributed by atoms with van der Waals surface area (Å²) in [6.45, 7) is 7.77. The molecule has 7 heteroatoms. The highest BCUT2D eigenvalue weighted by Gasteiger charge is 2.44. The van der Waals surface area contributed by atoms with Crippen LogP contribution in [0.5, 0.6) is 5.75 Å². The van der Waals surface area contributed by atoms with E-state index in [9.17, 15) is 4.79 Å². The van der Waals surface area contributed by atoms with Crippen molar-refractivity contribution in [3.8, 4) is 16.9 Å². The van der Waals surface area contributed by atoms with Crippen LogP contribution < -0.4 is 10.1 Å². The quantitative estimate of drug-likeness (QED) is 0.696. The summed E-state index contributed by atoms with van der Waals surface area (Å²) in [5, 5.41) is 3.04. The second-order valence-corrected chi connectivity index (χ2v) is 8.53. The number of rotatable bonds is 8. The maximum absolute atomic E-state index is 12.8. The number of benzene rings is 1. The zero-order valence-electron chi connectivity index (χ0n) is 18.7. The summed E-state index contributed by atoms with van der Waals surface area (Å²) in [6.07, 6.45) is 6.63. The summed E-state index contributed by atoms with van der Waals surface area (Å²) in [7, 11) is 1.61. The maximum Gasteiger partial charge on any atom is 0.256 e. The number of likely N-dealkylation sites (tertiary alicyclic amines) is 1. The molecule has 0 atom stereocenters. The van der Waals surface area contributed by atoms with Crippen LogP contribution in [-0.4, -0.2) is 59.7 Å². The van der Waals surface area contributed by atoms with Crippen molar-refractivity contribution in [3.63, 3.8) is 0 Å². The van der Waals surface area contributed by atoms with Gasteiger partial charge in [0.2, 0.25) is 0 Å². The molecule has 0 unspecified atom stereocenters. The molecule has 1 aliphatic heterocycles. The van der Waals surface area contributed by atoms with E-state index in [-0.39, 0.29) is 5.91 Å². The number of aryl methyl sites for hydroxylation is 2. The van der Waals surface area contributed by atoms with Crippen molar-refractivity contribution in [1.29, 1.82) is 0 Å². The SMILES string of the molecule is COC1(C(=O)Nc2ccc(OCCN3CCCC3)c(-c3c(C)ncnc3C)c2)CCC1. The van der Waals surface area contributed by atoms with Crippen molar-refractivity contribution in [2.24, 2.45) is 0 Å². The monoisotopic (exact) mass is 424 g/mol. The Morgan fingerprint density at radius 3 is 2.45 bits per heavy atom. The lowest BCUT2D eigenvalue weighted by molar-refractivity contribution is -0.148. The summed E-state index contributed by atoms with van der Waals surface area (Å²) >= 11 is 0. The third-order valence-electron chi connectivity index (χ3n) is 6.56. The summed E-state index contributed by atoms with van der Waals surface area (Å²) in [5.74, 6) is 0.691. The van der Waals surface area contributed by atoms with Crippen LogP contribution in [0.1, 0.15) is 43.5 Å². The van der Waals surface area contributed by atoms with E-state index >= 15 is 0 Å². The lowest BCUT2D eigenvalue weighted by Crippen LogP contribution is -2.50. The number of hydrogen-bond donors (Lipinski definition) is 1. The molecule has 4 rings (SSSR count). The van der Waals surface area contributed by atoms with E-state index in [4.69, 9.17) is 9.47 Å². The van der Waals surface area contributed by atoms with Crippen LogP contribution in [0.15, 0.2) is 24.5 Å². The van der Waals surface area contributed by atoms with Crippen LogP contribution in [0.4, 0.5) is 5.69 Å². The molecule has 7 nitrogen and oxygen atoms in total. The van der Waals surface area contributed by atoms with E-state index in [0.717, 1.165) is 72.8 Å². The van der Waals surface area contributed by atoms with Crippen molar-refractivity contribution < 1.29 is 14.3 Å². The van der Waals surface area contributed by atoms with Crippen molar-refractivity contribution in [2.75, 3.05) is 38.7 Å². The van der Waals surface area contributed by atoms with Gasteiger partial charge in [0.05, 0.1) is 0 Å². The first-order chi connectivity index (χ1) is 15.0. The van der Waals surface area contributed by atoms with Gasteiger partial charge in [-0.05, 0) is 77.2 Å². The maximum atomic E-state index is 12.8. The minimum Gasteiger partial charge on any atom is -0.492 e. The average Bonchev–Trinajstić information content (AvgIpc) is 3.22. The van der Waals surface area contributed by atoms with Gasteiger partial charge in [-0.25, -0.2) is 9.97 Å². The van der Waals surface area contributed by atoms with Crippen LogP contribution in [0.2, 0.25) is 0 Å². The molecule has 1 aromatic heterocycles. The number of hydrogen-bond acceptors (Lipinski definition) is 6. The molecule has 1 saturated carbocycles. The van der Waals surface area contributed by atoms with Gasteiger partial charge < -0.3 is 14.8 Å². The summed E-state index contributed by atoms with van der Waals surface area (Å²) in [5.41, 5.74) is 3.63. The average molecular weight is 425 g/mol. The topological polar surface area (TPSA) is 76.6 Å². The Morgan fingerprint density at radius 2 is 1.84 bits per heavy atom. The van der Waals surface area contributed by atoms with Gasteiger partial charge in [-0.2, -0.15) is 0 Å².